The van der Waals surface area contributed by atoms with Crippen LogP contribution in [0.3, 0.4) is 0 Å². The van der Waals surface area contributed by atoms with Crippen LogP contribution in [0.2, 0.25) is 0 Å². The number of benzene rings is 1. The molecule has 3 rings (SSSR count). The fourth-order valence-electron chi connectivity index (χ4n) is 3.75. The molecule has 8 heteroatoms. The Kier molecular flexibility index (Phi) is 7.81. The van der Waals surface area contributed by atoms with Crippen molar-refractivity contribution in [2.24, 2.45) is 0 Å². The summed E-state index contributed by atoms with van der Waals surface area (Å²) in [5.41, 5.74) is 0.946. The Morgan fingerprint density at radius 3 is 2.40 bits per heavy atom. The molecule has 2 saturated heterocycles. The van der Waals surface area contributed by atoms with Crippen LogP contribution in [0.5, 0.6) is 0 Å². The third kappa shape index (κ3) is 6.27. The molecular weight excluding hydrogens is 384 g/mol. The molecule has 2 aliphatic heterocycles. The van der Waals surface area contributed by atoms with E-state index in [0.29, 0.717) is 13.0 Å². The molecule has 0 aromatic heterocycles. The van der Waals surface area contributed by atoms with Gasteiger partial charge in [0.2, 0.25) is 5.91 Å². The summed E-state index contributed by atoms with van der Waals surface area (Å²) in [6.45, 7) is 3.50. The van der Waals surface area contributed by atoms with Gasteiger partial charge in [-0.05, 0) is 31.5 Å². The molecule has 2 fully saturated rings. The maximum Gasteiger partial charge on any atom is 0.253 e. The topological polar surface area (TPSA) is 94.3 Å². The van der Waals surface area contributed by atoms with Gasteiger partial charge in [0.25, 0.3) is 11.8 Å². The van der Waals surface area contributed by atoms with Crippen LogP contribution in [-0.2, 0) is 25.5 Å². The largest absolute Gasteiger partial charge is 0.352 e. The second-order valence-corrected chi connectivity index (χ2v) is 8.15. The molecule has 3 atom stereocenters. The highest BCUT2D eigenvalue weighted by molar-refractivity contribution is 5.97. The molecular formula is C22H32N4O4. The summed E-state index contributed by atoms with van der Waals surface area (Å²) in [5, 5.41) is 5.61. The van der Waals surface area contributed by atoms with Crippen molar-refractivity contribution in [3.8, 4) is 0 Å². The number of ether oxygens (including phenoxy) is 1. The zero-order valence-electron chi connectivity index (χ0n) is 17.8. The minimum absolute atomic E-state index is 0.199. The van der Waals surface area contributed by atoms with E-state index in [9.17, 15) is 14.4 Å². The Balaban J connectivity index is 1.46. The molecule has 0 spiro atoms. The van der Waals surface area contributed by atoms with Crippen LogP contribution < -0.4 is 10.6 Å². The van der Waals surface area contributed by atoms with Crippen molar-refractivity contribution in [3.63, 3.8) is 0 Å². The van der Waals surface area contributed by atoms with Crippen LogP contribution in [0.4, 0.5) is 0 Å². The van der Waals surface area contributed by atoms with Crippen molar-refractivity contribution in [2.75, 3.05) is 40.3 Å². The molecule has 0 bridgehead atoms. The summed E-state index contributed by atoms with van der Waals surface area (Å²) in [6.07, 6.45) is 2.45. The van der Waals surface area contributed by atoms with E-state index in [1.807, 2.05) is 30.3 Å². The van der Waals surface area contributed by atoms with Gasteiger partial charge >= 0.3 is 0 Å². The molecule has 8 nitrogen and oxygen atoms in total. The van der Waals surface area contributed by atoms with Gasteiger partial charge < -0.3 is 25.2 Å². The zero-order valence-corrected chi connectivity index (χ0v) is 17.8. The van der Waals surface area contributed by atoms with Crippen LogP contribution in [-0.4, -0.2) is 86.0 Å². The number of nitrogens with zero attached hydrogens (tertiary/aromatic N) is 2. The maximum atomic E-state index is 12.6. The molecule has 0 aliphatic carbocycles. The zero-order chi connectivity index (χ0) is 21.5. The molecule has 3 amide bonds. The molecule has 1 aromatic rings. The smallest absolute Gasteiger partial charge is 0.253 e. The summed E-state index contributed by atoms with van der Waals surface area (Å²) in [4.78, 5) is 41.2. The van der Waals surface area contributed by atoms with Crippen LogP contribution >= 0.6 is 0 Å². The number of amides is 3. The highest BCUT2D eigenvalue weighted by Gasteiger charge is 2.50. The summed E-state index contributed by atoms with van der Waals surface area (Å²) in [5.74, 6) is -0.900. The number of carbonyl (C=O) groups excluding carboxylic acids is 3. The number of epoxide rings is 1. The van der Waals surface area contributed by atoms with Gasteiger partial charge in [-0.25, -0.2) is 0 Å². The van der Waals surface area contributed by atoms with Gasteiger partial charge in [0.1, 0.15) is 6.04 Å². The van der Waals surface area contributed by atoms with Crippen LogP contribution in [0, 0.1) is 0 Å². The Morgan fingerprint density at radius 1 is 1.07 bits per heavy atom. The first-order valence-electron chi connectivity index (χ1n) is 10.7. The number of nitrogens with one attached hydrogen (secondary N) is 2. The van der Waals surface area contributed by atoms with Crippen LogP contribution in [0.25, 0.3) is 0 Å². The lowest BCUT2D eigenvalue weighted by molar-refractivity contribution is -0.134. The van der Waals surface area contributed by atoms with E-state index >= 15 is 0 Å². The van der Waals surface area contributed by atoms with E-state index in [1.54, 1.807) is 14.1 Å². The minimum Gasteiger partial charge on any atom is -0.352 e. The fourth-order valence-corrected chi connectivity index (χ4v) is 3.75. The Morgan fingerprint density at radius 2 is 1.73 bits per heavy atom. The van der Waals surface area contributed by atoms with Crippen LogP contribution in [0.15, 0.2) is 30.3 Å². The highest BCUT2D eigenvalue weighted by Crippen LogP contribution is 2.23. The minimum atomic E-state index is -0.840. The summed E-state index contributed by atoms with van der Waals surface area (Å²) in [6, 6.07) is 8.80. The molecule has 2 N–H and O–H groups in total. The van der Waals surface area contributed by atoms with Gasteiger partial charge in [0.15, 0.2) is 12.2 Å². The van der Waals surface area contributed by atoms with Gasteiger partial charge in [-0.2, -0.15) is 0 Å². The SMILES string of the molecule is CN(C)C(=O)[C@H](Cc1ccccc1)NC(=O)[C@H]1O[C@@H]1C(=O)NCCN1CCCCC1. The van der Waals surface area contributed by atoms with E-state index in [-0.39, 0.29) is 11.8 Å². The molecule has 2 heterocycles. The average molecular weight is 417 g/mol. The van der Waals surface area contributed by atoms with Crippen molar-refractivity contribution in [1.82, 2.24) is 20.4 Å². The first-order chi connectivity index (χ1) is 14.5. The second kappa shape index (κ2) is 10.5. The van der Waals surface area contributed by atoms with Gasteiger partial charge in [0.05, 0.1) is 0 Å². The number of carbonyl (C=O) groups is 3. The second-order valence-electron chi connectivity index (χ2n) is 8.15. The predicted molar refractivity (Wildman–Crippen MR) is 113 cm³/mol. The highest BCUT2D eigenvalue weighted by atomic mass is 16.6. The average Bonchev–Trinajstić information content (AvgIpc) is 3.55. The molecule has 30 heavy (non-hydrogen) atoms. The number of rotatable bonds is 9. The van der Waals surface area contributed by atoms with E-state index in [4.69, 9.17) is 4.74 Å². The van der Waals surface area contributed by atoms with E-state index < -0.39 is 24.2 Å². The van der Waals surface area contributed by atoms with Crippen molar-refractivity contribution in [3.05, 3.63) is 35.9 Å². The van der Waals surface area contributed by atoms with E-state index in [1.165, 1.54) is 24.2 Å². The Hall–Kier alpha value is -2.45. The van der Waals surface area contributed by atoms with Crippen molar-refractivity contribution in [2.45, 2.75) is 43.9 Å². The third-order valence-electron chi connectivity index (χ3n) is 5.52. The van der Waals surface area contributed by atoms with Gasteiger partial charge in [-0.3, -0.25) is 14.4 Å². The number of hydrogen-bond acceptors (Lipinski definition) is 5. The predicted octanol–water partition coefficient (Wildman–Crippen LogP) is 0.172. The first kappa shape index (κ1) is 22.2. The number of likely N-dealkylation sites (N-methyl/N-ethyl adjacent to an activating group) is 1. The van der Waals surface area contributed by atoms with Crippen molar-refractivity contribution >= 4 is 17.7 Å². The lowest BCUT2D eigenvalue weighted by atomic mass is 10.0. The normalized spacial score (nSPS) is 22.1. The number of hydrogen-bond donors (Lipinski definition) is 2. The van der Waals surface area contributed by atoms with Crippen molar-refractivity contribution < 1.29 is 19.1 Å². The standard InChI is InChI=1S/C22H32N4O4/c1-25(2)22(29)17(15-16-9-5-3-6-10-16)24-21(28)19-18(30-19)20(27)23-11-14-26-12-7-4-8-13-26/h3,5-6,9-10,17-19H,4,7-8,11-15H2,1-2H3,(H,23,27)(H,24,28)/t17-,18-,19-/m0/s1. The van der Waals surface area contributed by atoms with Gasteiger partial charge in [0, 0.05) is 33.6 Å². The number of piperidine rings is 1. The van der Waals surface area contributed by atoms with Crippen molar-refractivity contribution in [1.29, 1.82) is 0 Å². The summed E-state index contributed by atoms with van der Waals surface area (Å²) >= 11 is 0. The van der Waals surface area contributed by atoms with Gasteiger partial charge in [-0.1, -0.05) is 36.8 Å². The molecule has 0 saturated carbocycles. The van der Waals surface area contributed by atoms with E-state index in [2.05, 4.69) is 15.5 Å². The summed E-state index contributed by atoms with van der Waals surface area (Å²) < 4.78 is 5.31. The molecule has 164 valence electrons. The Bertz CT molecular complexity index is 734. The Labute approximate surface area is 177 Å². The quantitative estimate of drug-likeness (QED) is 0.560. The molecule has 0 unspecified atom stereocenters. The lowest BCUT2D eigenvalue weighted by Crippen LogP contribution is -2.49. The monoisotopic (exact) mass is 416 g/mol. The molecule has 0 radical (unpaired) electrons. The van der Waals surface area contributed by atoms with E-state index in [0.717, 1.165) is 25.2 Å². The van der Waals surface area contributed by atoms with Gasteiger partial charge in [-0.15, -0.1) is 0 Å². The molecule has 2 aliphatic rings. The fraction of sp³-hybridized carbons (Fsp3) is 0.591. The first-order valence-corrected chi connectivity index (χ1v) is 10.7. The molecule has 1 aromatic carbocycles. The lowest BCUT2D eigenvalue weighted by Gasteiger charge is -2.26. The number of likely N-dealkylation sites (tertiary alicyclic amines) is 1. The third-order valence-corrected chi connectivity index (χ3v) is 5.52. The maximum absolute atomic E-state index is 12.6. The summed E-state index contributed by atoms with van der Waals surface area (Å²) in [7, 11) is 3.30. The van der Waals surface area contributed by atoms with Crippen LogP contribution in [0.1, 0.15) is 24.8 Å².